The molecule has 0 aliphatic carbocycles. The standard InChI is InChI=1S/C15H21BrN2/c1-4-6-9-18(12(3)5-2)15-8-7-13(11-17)10-14(15)16/h7-8,10,12H,4-6,9H2,1-3H3. The van der Waals surface area contributed by atoms with Crippen LogP contribution in [0.15, 0.2) is 22.7 Å². The Hall–Kier alpha value is -1.01. The van der Waals surface area contributed by atoms with Crippen molar-refractivity contribution >= 4 is 21.6 Å². The molecule has 0 saturated carbocycles. The van der Waals surface area contributed by atoms with E-state index in [2.05, 4.69) is 47.7 Å². The van der Waals surface area contributed by atoms with Crippen molar-refractivity contribution in [3.05, 3.63) is 28.2 Å². The molecule has 0 radical (unpaired) electrons. The van der Waals surface area contributed by atoms with Crippen LogP contribution in [0.4, 0.5) is 5.69 Å². The van der Waals surface area contributed by atoms with Crippen LogP contribution in [-0.4, -0.2) is 12.6 Å². The van der Waals surface area contributed by atoms with Gasteiger partial charge in [-0.3, -0.25) is 0 Å². The average molecular weight is 309 g/mol. The van der Waals surface area contributed by atoms with E-state index >= 15 is 0 Å². The molecule has 0 fully saturated rings. The van der Waals surface area contributed by atoms with E-state index < -0.39 is 0 Å². The summed E-state index contributed by atoms with van der Waals surface area (Å²) in [7, 11) is 0. The summed E-state index contributed by atoms with van der Waals surface area (Å²) in [5.41, 5.74) is 1.89. The molecule has 0 N–H and O–H groups in total. The molecule has 18 heavy (non-hydrogen) atoms. The van der Waals surface area contributed by atoms with Crippen LogP contribution in [-0.2, 0) is 0 Å². The van der Waals surface area contributed by atoms with E-state index in [1.807, 2.05) is 18.2 Å². The number of benzene rings is 1. The largest absolute Gasteiger partial charge is 0.368 e. The van der Waals surface area contributed by atoms with Gasteiger partial charge in [-0.05, 0) is 53.9 Å². The quantitative estimate of drug-likeness (QED) is 0.760. The van der Waals surface area contributed by atoms with Gasteiger partial charge in [-0.25, -0.2) is 0 Å². The van der Waals surface area contributed by atoms with Gasteiger partial charge in [0.05, 0.1) is 17.3 Å². The number of hydrogen-bond donors (Lipinski definition) is 0. The van der Waals surface area contributed by atoms with E-state index in [9.17, 15) is 0 Å². The first kappa shape index (κ1) is 15.0. The summed E-state index contributed by atoms with van der Waals surface area (Å²) < 4.78 is 1.01. The first-order valence-electron chi connectivity index (χ1n) is 6.60. The summed E-state index contributed by atoms with van der Waals surface area (Å²) in [4.78, 5) is 2.43. The Morgan fingerprint density at radius 2 is 2.11 bits per heavy atom. The molecule has 98 valence electrons. The lowest BCUT2D eigenvalue weighted by Crippen LogP contribution is -2.33. The molecule has 0 aliphatic rings. The van der Waals surface area contributed by atoms with Crippen LogP contribution >= 0.6 is 15.9 Å². The van der Waals surface area contributed by atoms with Crippen LogP contribution in [0.2, 0.25) is 0 Å². The highest BCUT2D eigenvalue weighted by atomic mass is 79.9. The summed E-state index contributed by atoms with van der Waals surface area (Å²) in [5.74, 6) is 0. The molecule has 3 heteroatoms. The predicted octanol–water partition coefficient (Wildman–Crippen LogP) is 4.73. The molecule has 0 bridgehead atoms. The van der Waals surface area contributed by atoms with Crippen LogP contribution < -0.4 is 4.90 Å². The van der Waals surface area contributed by atoms with E-state index in [1.165, 1.54) is 18.5 Å². The van der Waals surface area contributed by atoms with Crippen LogP contribution in [0.5, 0.6) is 0 Å². The van der Waals surface area contributed by atoms with Gasteiger partial charge < -0.3 is 4.90 Å². The molecular weight excluding hydrogens is 288 g/mol. The first-order valence-corrected chi connectivity index (χ1v) is 7.39. The van der Waals surface area contributed by atoms with E-state index in [4.69, 9.17) is 5.26 Å². The second kappa shape index (κ2) is 7.43. The van der Waals surface area contributed by atoms with Crippen LogP contribution in [0.3, 0.4) is 0 Å². The van der Waals surface area contributed by atoms with Gasteiger partial charge >= 0.3 is 0 Å². The fourth-order valence-electron chi connectivity index (χ4n) is 1.94. The molecule has 2 nitrogen and oxygen atoms in total. The third kappa shape index (κ3) is 3.74. The second-order valence-electron chi connectivity index (χ2n) is 4.58. The molecule has 1 rings (SSSR count). The number of nitrogens with zero attached hydrogens (tertiary/aromatic N) is 2. The summed E-state index contributed by atoms with van der Waals surface area (Å²) in [5, 5.41) is 8.90. The summed E-state index contributed by atoms with van der Waals surface area (Å²) in [6.07, 6.45) is 3.51. The molecule has 1 aromatic rings. The number of nitriles is 1. The summed E-state index contributed by atoms with van der Waals surface area (Å²) >= 11 is 3.59. The SMILES string of the molecule is CCCCN(c1ccc(C#N)cc1Br)C(C)CC. The van der Waals surface area contributed by atoms with Crippen molar-refractivity contribution in [2.75, 3.05) is 11.4 Å². The van der Waals surface area contributed by atoms with Crippen molar-refractivity contribution in [3.8, 4) is 6.07 Å². The number of hydrogen-bond acceptors (Lipinski definition) is 2. The van der Waals surface area contributed by atoms with Gasteiger partial charge in [-0.2, -0.15) is 5.26 Å². The smallest absolute Gasteiger partial charge is 0.0992 e. The Kier molecular flexibility index (Phi) is 6.21. The Morgan fingerprint density at radius 3 is 2.61 bits per heavy atom. The third-order valence-corrected chi connectivity index (χ3v) is 3.90. The van der Waals surface area contributed by atoms with Gasteiger partial charge in [0.25, 0.3) is 0 Å². The monoisotopic (exact) mass is 308 g/mol. The second-order valence-corrected chi connectivity index (χ2v) is 5.44. The van der Waals surface area contributed by atoms with Gasteiger partial charge in [0.1, 0.15) is 0 Å². The molecular formula is C15H21BrN2. The van der Waals surface area contributed by atoms with Crippen LogP contribution in [0, 0.1) is 11.3 Å². The third-order valence-electron chi connectivity index (χ3n) is 3.26. The summed E-state index contributed by atoms with van der Waals surface area (Å²) in [6.45, 7) is 7.74. The predicted molar refractivity (Wildman–Crippen MR) is 80.9 cm³/mol. The minimum atomic E-state index is 0.515. The summed E-state index contributed by atoms with van der Waals surface area (Å²) in [6, 6.07) is 8.52. The maximum atomic E-state index is 8.90. The van der Waals surface area contributed by atoms with Crippen molar-refractivity contribution in [2.24, 2.45) is 0 Å². The highest BCUT2D eigenvalue weighted by molar-refractivity contribution is 9.10. The number of unbranched alkanes of at least 4 members (excludes halogenated alkanes) is 1. The topological polar surface area (TPSA) is 27.0 Å². The van der Waals surface area contributed by atoms with E-state index in [0.29, 0.717) is 11.6 Å². The van der Waals surface area contributed by atoms with E-state index in [0.717, 1.165) is 17.4 Å². The normalized spacial score (nSPS) is 11.9. The van der Waals surface area contributed by atoms with Crippen LogP contribution in [0.25, 0.3) is 0 Å². The zero-order valence-corrected chi connectivity index (χ0v) is 13.0. The highest BCUT2D eigenvalue weighted by Crippen LogP contribution is 2.29. The zero-order valence-electron chi connectivity index (χ0n) is 11.4. The molecule has 0 saturated heterocycles. The van der Waals surface area contributed by atoms with Gasteiger partial charge in [-0.15, -0.1) is 0 Å². The fraction of sp³-hybridized carbons (Fsp3) is 0.533. The molecule has 0 spiro atoms. The first-order chi connectivity index (χ1) is 8.63. The highest BCUT2D eigenvalue weighted by Gasteiger charge is 2.15. The lowest BCUT2D eigenvalue weighted by atomic mass is 10.1. The van der Waals surface area contributed by atoms with Crippen LogP contribution in [0.1, 0.15) is 45.6 Å². The van der Waals surface area contributed by atoms with Gasteiger partial charge in [0, 0.05) is 17.1 Å². The van der Waals surface area contributed by atoms with Gasteiger partial charge in [-0.1, -0.05) is 20.3 Å². The van der Waals surface area contributed by atoms with Gasteiger partial charge in [0.15, 0.2) is 0 Å². The van der Waals surface area contributed by atoms with Crippen molar-refractivity contribution in [1.29, 1.82) is 5.26 Å². The Balaban J connectivity index is 3.01. The molecule has 1 atom stereocenters. The zero-order chi connectivity index (χ0) is 13.5. The Labute approximate surface area is 119 Å². The number of halogens is 1. The van der Waals surface area contributed by atoms with Crippen molar-refractivity contribution < 1.29 is 0 Å². The molecule has 1 unspecified atom stereocenters. The van der Waals surface area contributed by atoms with Crippen molar-refractivity contribution in [1.82, 2.24) is 0 Å². The maximum absolute atomic E-state index is 8.90. The average Bonchev–Trinajstić information content (AvgIpc) is 2.39. The molecule has 0 aliphatic heterocycles. The molecule has 0 amide bonds. The van der Waals surface area contributed by atoms with E-state index in [1.54, 1.807) is 0 Å². The molecule has 0 heterocycles. The van der Waals surface area contributed by atoms with Gasteiger partial charge in [0.2, 0.25) is 0 Å². The fourth-order valence-corrected chi connectivity index (χ4v) is 2.54. The molecule has 0 aromatic heterocycles. The maximum Gasteiger partial charge on any atom is 0.0992 e. The number of rotatable bonds is 6. The Bertz CT molecular complexity index is 423. The van der Waals surface area contributed by atoms with E-state index in [-0.39, 0.29) is 0 Å². The lowest BCUT2D eigenvalue weighted by molar-refractivity contribution is 0.595. The minimum absolute atomic E-state index is 0.515. The minimum Gasteiger partial charge on any atom is -0.368 e. The Morgan fingerprint density at radius 1 is 1.39 bits per heavy atom. The van der Waals surface area contributed by atoms with Crippen molar-refractivity contribution in [2.45, 2.75) is 46.1 Å². The van der Waals surface area contributed by atoms with Crippen molar-refractivity contribution in [3.63, 3.8) is 0 Å². The lowest BCUT2D eigenvalue weighted by Gasteiger charge is -2.31. The molecule has 1 aromatic carbocycles. The number of anilines is 1.